The highest BCUT2D eigenvalue weighted by Gasteiger charge is 2.61. The highest BCUT2D eigenvalue weighted by molar-refractivity contribution is 9.10. The van der Waals surface area contributed by atoms with Crippen molar-refractivity contribution in [2.75, 3.05) is 16.8 Å². The Bertz CT molecular complexity index is 1140. The van der Waals surface area contributed by atoms with Crippen LogP contribution in [-0.4, -0.2) is 30.3 Å². The summed E-state index contributed by atoms with van der Waals surface area (Å²) in [6.07, 6.45) is 3.02. The van der Waals surface area contributed by atoms with Crippen LogP contribution in [0.15, 0.2) is 46.9 Å². The van der Waals surface area contributed by atoms with Crippen molar-refractivity contribution in [3.8, 4) is 0 Å². The average molecular weight is 532 g/mol. The van der Waals surface area contributed by atoms with E-state index < -0.39 is 18.5 Å². The second-order valence-corrected chi connectivity index (χ2v) is 10.0. The van der Waals surface area contributed by atoms with Gasteiger partial charge in [0.2, 0.25) is 11.8 Å². The van der Waals surface area contributed by atoms with Gasteiger partial charge in [0.25, 0.3) is 5.91 Å². The number of nitrogens with zero attached hydrogens (tertiary/aromatic N) is 1. The molecule has 5 rings (SSSR count). The second kappa shape index (κ2) is 8.57. The molecule has 7 nitrogen and oxygen atoms in total. The molecule has 33 heavy (non-hydrogen) atoms. The number of hydrogen-bond donors (Lipinski definition) is 1. The van der Waals surface area contributed by atoms with Gasteiger partial charge in [0, 0.05) is 4.47 Å². The first kappa shape index (κ1) is 22.1. The summed E-state index contributed by atoms with van der Waals surface area (Å²) in [5, 5.41) is 2.93. The molecular formula is C24H20BrClN2O5. The minimum absolute atomic E-state index is 0.129. The Kier molecular flexibility index (Phi) is 5.74. The van der Waals surface area contributed by atoms with E-state index in [0.717, 1.165) is 23.7 Å². The van der Waals surface area contributed by atoms with Crippen LogP contribution in [0.25, 0.3) is 0 Å². The molecule has 2 aliphatic carbocycles. The first-order chi connectivity index (χ1) is 15.8. The Labute approximate surface area is 203 Å². The first-order valence-electron chi connectivity index (χ1n) is 10.7. The third-order valence-corrected chi connectivity index (χ3v) is 7.63. The third-order valence-electron chi connectivity index (χ3n) is 6.83. The Morgan fingerprint density at radius 3 is 2.27 bits per heavy atom. The molecule has 170 valence electrons. The summed E-state index contributed by atoms with van der Waals surface area (Å²) in [5.41, 5.74) is 1.08. The number of anilines is 2. The Balaban J connectivity index is 1.20. The lowest BCUT2D eigenvalue weighted by atomic mass is 9.81. The lowest BCUT2D eigenvalue weighted by Gasteiger charge is -2.19. The van der Waals surface area contributed by atoms with Gasteiger partial charge < -0.3 is 10.1 Å². The van der Waals surface area contributed by atoms with Crippen LogP contribution in [0.1, 0.15) is 29.6 Å². The first-order valence-corrected chi connectivity index (χ1v) is 11.9. The van der Waals surface area contributed by atoms with E-state index in [-0.39, 0.29) is 29.2 Å². The van der Waals surface area contributed by atoms with E-state index in [1.54, 1.807) is 30.3 Å². The molecule has 3 aliphatic rings. The fraction of sp³-hybridized carbons (Fsp3) is 0.333. The van der Waals surface area contributed by atoms with E-state index in [9.17, 15) is 19.2 Å². The van der Waals surface area contributed by atoms with Gasteiger partial charge in [-0.25, -0.2) is 4.79 Å². The van der Waals surface area contributed by atoms with Crippen molar-refractivity contribution >= 4 is 62.6 Å². The molecule has 2 bridgehead atoms. The normalized spacial score (nSPS) is 25.3. The van der Waals surface area contributed by atoms with Crippen molar-refractivity contribution in [2.24, 2.45) is 23.7 Å². The molecule has 2 aromatic rings. The average Bonchev–Trinajstić information content (AvgIpc) is 3.48. The van der Waals surface area contributed by atoms with Gasteiger partial charge in [-0.1, -0.05) is 27.5 Å². The van der Waals surface area contributed by atoms with Crippen LogP contribution in [0, 0.1) is 23.7 Å². The summed E-state index contributed by atoms with van der Waals surface area (Å²) < 4.78 is 5.85. The van der Waals surface area contributed by atoms with Crippen molar-refractivity contribution < 1.29 is 23.9 Å². The lowest BCUT2D eigenvalue weighted by Crippen LogP contribution is -2.32. The minimum atomic E-state index is -0.687. The number of fused-ring (bicyclic) bond motifs is 5. The van der Waals surface area contributed by atoms with Crippen LogP contribution >= 0.6 is 27.5 Å². The number of amides is 3. The highest BCUT2D eigenvalue weighted by Crippen LogP contribution is 2.56. The largest absolute Gasteiger partial charge is 0.452 e. The van der Waals surface area contributed by atoms with E-state index in [0.29, 0.717) is 28.2 Å². The molecule has 0 aromatic heterocycles. The molecule has 1 N–H and O–H groups in total. The van der Waals surface area contributed by atoms with Gasteiger partial charge >= 0.3 is 5.97 Å². The Morgan fingerprint density at radius 2 is 1.67 bits per heavy atom. The summed E-state index contributed by atoms with van der Waals surface area (Å²) in [7, 11) is 0. The molecule has 2 saturated carbocycles. The number of carbonyl (C=O) groups excluding carboxylic acids is 4. The molecule has 1 heterocycles. The van der Waals surface area contributed by atoms with Crippen molar-refractivity contribution in [1.29, 1.82) is 0 Å². The molecule has 4 atom stereocenters. The number of benzene rings is 2. The van der Waals surface area contributed by atoms with Crippen LogP contribution in [0.5, 0.6) is 0 Å². The lowest BCUT2D eigenvalue weighted by molar-refractivity contribution is -0.123. The van der Waals surface area contributed by atoms with E-state index in [1.807, 2.05) is 0 Å². The van der Waals surface area contributed by atoms with Crippen LogP contribution in [0.2, 0.25) is 5.02 Å². The number of hydrogen-bond acceptors (Lipinski definition) is 5. The zero-order chi connectivity index (χ0) is 23.3. The number of imide groups is 1. The van der Waals surface area contributed by atoms with Gasteiger partial charge in [-0.15, -0.1) is 0 Å². The van der Waals surface area contributed by atoms with Crippen molar-refractivity contribution in [3.63, 3.8) is 0 Å². The van der Waals surface area contributed by atoms with Gasteiger partial charge in [0.1, 0.15) is 0 Å². The summed E-state index contributed by atoms with van der Waals surface area (Å²) >= 11 is 9.35. The molecule has 3 fully saturated rings. The number of carbonyl (C=O) groups is 4. The molecular weight excluding hydrogens is 512 g/mol. The highest BCUT2D eigenvalue weighted by atomic mass is 79.9. The SMILES string of the molecule is O=C(COC(=O)c1ccc(N2C(=O)[C@@H]3[C@H]4CC[C@@H](C4)[C@H]3C2=O)cc1)Nc1ccc(Br)cc1Cl. The minimum Gasteiger partial charge on any atom is -0.452 e. The molecule has 3 amide bonds. The van der Waals surface area contributed by atoms with Crippen molar-refractivity contribution in [2.45, 2.75) is 19.3 Å². The fourth-order valence-electron chi connectivity index (χ4n) is 5.40. The zero-order valence-electron chi connectivity index (χ0n) is 17.4. The number of ether oxygens (including phenoxy) is 1. The van der Waals surface area contributed by atoms with Gasteiger partial charge in [-0.2, -0.15) is 0 Å². The molecule has 0 radical (unpaired) electrons. The number of nitrogens with one attached hydrogen (secondary N) is 1. The predicted molar refractivity (Wildman–Crippen MR) is 125 cm³/mol. The third kappa shape index (κ3) is 3.95. The summed E-state index contributed by atoms with van der Waals surface area (Å²) in [6.45, 7) is -0.484. The van der Waals surface area contributed by atoms with Crippen LogP contribution in [0.3, 0.4) is 0 Å². The van der Waals surface area contributed by atoms with Crippen LogP contribution < -0.4 is 10.2 Å². The van der Waals surface area contributed by atoms with Gasteiger partial charge in [-0.3, -0.25) is 19.3 Å². The van der Waals surface area contributed by atoms with Crippen molar-refractivity contribution in [1.82, 2.24) is 0 Å². The van der Waals surface area contributed by atoms with Crippen molar-refractivity contribution in [3.05, 3.63) is 57.5 Å². The maximum Gasteiger partial charge on any atom is 0.338 e. The Hall–Kier alpha value is -2.71. The summed E-state index contributed by atoms with van der Waals surface area (Å²) in [4.78, 5) is 51.6. The molecule has 1 saturated heterocycles. The standard InChI is InChI=1S/C24H20BrClN2O5/c25-15-5-8-18(17(26)10-15)27-19(29)11-33-24(32)12-3-6-16(7-4-12)28-22(30)20-13-1-2-14(9-13)21(20)23(28)31/h3-8,10,13-14,20-21H,1-2,9,11H2,(H,27,29)/t13-,14-,20+,21+/m0/s1. The number of esters is 1. The van der Waals surface area contributed by atoms with E-state index in [2.05, 4.69) is 21.2 Å². The van der Waals surface area contributed by atoms with Gasteiger partial charge in [0.05, 0.1) is 33.8 Å². The number of rotatable bonds is 5. The quantitative estimate of drug-likeness (QED) is 0.455. The Morgan fingerprint density at radius 1 is 1.03 bits per heavy atom. The molecule has 0 spiro atoms. The van der Waals surface area contributed by atoms with E-state index in [4.69, 9.17) is 16.3 Å². The monoisotopic (exact) mass is 530 g/mol. The maximum absolute atomic E-state index is 12.9. The second-order valence-electron chi connectivity index (χ2n) is 8.69. The molecule has 2 aromatic carbocycles. The summed E-state index contributed by atoms with van der Waals surface area (Å²) in [6, 6.07) is 11.1. The summed E-state index contributed by atoms with van der Waals surface area (Å²) in [5.74, 6) is -1.24. The molecule has 1 aliphatic heterocycles. The molecule has 9 heteroatoms. The smallest absolute Gasteiger partial charge is 0.338 e. The number of halogens is 2. The van der Waals surface area contributed by atoms with Crippen LogP contribution in [-0.2, 0) is 19.1 Å². The molecule has 0 unspecified atom stereocenters. The zero-order valence-corrected chi connectivity index (χ0v) is 19.8. The van der Waals surface area contributed by atoms with Gasteiger partial charge in [0.15, 0.2) is 6.61 Å². The topological polar surface area (TPSA) is 92.8 Å². The fourth-order valence-corrected chi connectivity index (χ4v) is 6.12. The van der Waals surface area contributed by atoms with Gasteiger partial charge in [-0.05, 0) is 73.6 Å². The van der Waals surface area contributed by atoms with E-state index in [1.165, 1.54) is 17.0 Å². The maximum atomic E-state index is 12.9. The predicted octanol–water partition coefficient (Wildman–Crippen LogP) is 4.43. The van der Waals surface area contributed by atoms with Crippen LogP contribution in [0.4, 0.5) is 11.4 Å². The van der Waals surface area contributed by atoms with E-state index >= 15 is 0 Å².